The fraction of sp³-hybridized carbons (Fsp3) is 0.714. The van der Waals surface area contributed by atoms with Crippen LogP contribution in [0.1, 0.15) is 25.5 Å². The molecular formula is C14H25N3O. The average molecular weight is 251 g/mol. The van der Waals surface area contributed by atoms with E-state index in [0.717, 1.165) is 38.4 Å². The van der Waals surface area contributed by atoms with Crippen LogP contribution in [0.5, 0.6) is 0 Å². The van der Waals surface area contributed by atoms with Gasteiger partial charge in [-0.1, -0.05) is 0 Å². The van der Waals surface area contributed by atoms with Gasteiger partial charge in [-0.25, -0.2) is 0 Å². The van der Waals surface area contributed by atoms with Crippen molar-refractivity contribution in [3.63, 3.8) is 0 Å². The number of likely N-dealkylation sites (N-methyl/N-ethyl adjacent to an activating group) is 1. The number of nitrogens with two attached hydrogens (primary N) is 1. The molecular weight excluding hydrogens is 226 g/mol. The highest BCUT2D eigenvalue weighted by Crippen LogP contribution is 2.18. The highest BCUT2D eigenvalue weighted by Gasteiger charge is 2.26. The molecule has 1 saturated heterocycles. The SMILES string of the molecule is CC1CCN(Cc2ccco2)CC(CCN)N1C. The van der Waals surface area contributed by atoms with Gasteiger partial charge in [-0.15, -0.1) is 0 Å². The molecule has 0 aromatic carbocycles. The van der Waals surface area contributed by atoms with E-state index in [1.807, 2.05) is 6.07 Å². The summed E-state index contributed by atoms with van der Waals surface area (Å²) in [5, 5.41) is 0. The first kappa shape index (κ1) is 13.6. The van der Waals surface area contributed by atoms with Crippen molar-refractivity contribution >= 4 is 0 Å². The molecule has 0 bridgehead atoms. The Morgan fingerprint density at radius 3 is 3.00 bits per heavy atom. The first-order chi connectivity index (χ1) is 8.70. The van der Waals surface area contributed by atoms with Crippen molar-refractivity contribution in [3.05, 3.63) is 24.2 Å². The molecule has 102 valence electrons. The Labute approximate surface area is 110 Å². The van der Waals surface area contributed by atoms with Gasteiger partial charge in [-0.2, -0.15) is 0 Å². The van der Waals surface area contributed by atoms with E-state index in [4.69, 9.17) is 10.2 Å². The van der Waals surface area contributed by atoms with Crippen LogP contribution < -0.4 is 5.73 Å². The first-order valence-electron chi connectivity index (χ1n) is 6.87. The number of nitrogens with zero attached hydrogens (tertiary/aromatic N) is 2. The van der Waals surface area contributed by atoms with Gasteiger partial charge in [0.1, 0.15) is 5.76 Å². The molecule has 1 aromatic rings. The van der Waals surface area contributed by atoms with Crippen molar-refractivity contribution in [2.24, 2.45) is 5.73 Å². The fourth-order valence-corrected chi connectivity index (χ4v) is 2.70. The van der Waals surface area contributed by atoms with E-state index in [9.17, 15) is 0 Å². The van der Waals surface area contributed by atoms with E-state index in [1.165, 1.54) is 6.42 Å². The minimum Gasteiger partial charge on any atom is -0.468 e. The number of furan rings is 1. The molecule has 1 aliphatic heterocycles. The molecule has 2 heterocycles. The van der Waals surface area contributed by atoms with Crippen LogP contribution in [0.4, 0.5) is 0 Å². The number of hydrogen-bond donors (Lipinski definition) is 1. The lowest BCUT2D eigenvalue weighted by Gasteiger charge is -2.31. The number of hydrogen-bond acceptors (Lipinski definition) is 4. The van der Waals surface area contributed by atoms with E-state index < -0.39 is 0 Å². The summed E-state index contributed by atoms with van der Waals surface area (Å²) < 4.78 is 5.45. The highest BCUT2D eigenvalue weighted by atomic mass is 16.3. The molecule has 4 heteroatoms. The zero-order chi connectivity index (χ0) is 13.0. The van der Waals surface area contributed by atoms with E-state index in [2.05, 4.69) is 29.8 Å². The quantitative estimate of drug-likeness (QED) is 0.881. The maximum Gasteiger partial charge on any atom is 0.117 e. The van der Waals surface area contributed by atoms with Crippen LogP contribution in [0.2, 0.25) is 0 Å². The smallest absolute Gasteiger partial charge is 0.117 e. The van der Waals surface area contributed by atoms with Gasteiger partial charge in [-0.3, -0.25) is 9.80 Å². The second-order valence-electron chi connectivity index (χ2n) is 5.35. The summed E-state index contributed by atoms with van der Waals surface area (Å²) in [7, 11) is 2.22. The first-order valence-corrected chi connectivity index (χ1v) is 6.87. The zero-order valence-electron chi connectivity index (χ0n) is 11.5. The van der Waals surface area contributed by atoms with Crippen LogP contribution in [0.3, 0.4) is 0 Å². The summed E-state index contributed by atoms with van der Waals surface area (Å²) in [5.74, 6) is 1.05. The monoisotopic (exact) mass is 251 g/mol. The molecule has 0 saturated carbocycles. The van der Waals surface area contributed by atoms with E-state index >= 15 is 0 Å². The zero-order valence-corrected chi connectivity index (χ0v) is 11.5. The average Bonchev–Trinajstić information content (AvgIpc) is 2.82. The Morgan fingerprint density at radius 2 is 2.33 bits per heavy atom. The molecule has 2 N–H and O–H groups in total. The Morgan fingerprint density at radius 1 is 1.50 bits per heavy atom. The minimum atomic E-state index is 0.558. The molecule has 2 unspecified atom stereocenters. The largest absolute Gasteiger partial charge is 0.468 e. The second-order valence-corrected chi connectivity index (χ2v) is 5.35. The van der Waals surface area contributed by atoms with Crippen molar-refractivity contribution < 1.29 is 4.42 Å². The molecule has 2 atom stereocenters. The predicted octanol–water partition coefficient (Wildman–Crippen LogP) is 1.52. The van der Waals surface area contributed by atoms with Crippen LogP contribution >= 0.6 is 0 Å². The van der Waals surface area contributed by atoms with Gasteiger partial charge in [-0.05, 0) is 45.5 Å². The molecule has 0 spiro atoms. The van der Waals surface area contributed by atoms with Crippen LogP contribution in [0.15, 0.2) is 22.8 Å². The maximum absolute atomic E-state index is 5.74. The van der Waals surface area contributed by atoms with Gasteiger partial charge in [0.05, 0.1) is 12.8 Å². The van der Waals surface area contributed by atoms with Gasteiger partial charge in [0, 0.05) is 25.2 Å². The van der Waals surface area contributed by atoms with Crippen molar-refractivity contribution in [2.45, 2.75) is 38.4 Å². The lowest BCUT2D eigenvalue weighted by molar-refractivity contribution is 0.163. The summed E-state index contributed by atoms with van der Waals surface area (Å²) in [5.41, 5.74) is 5.74. The Bertz CT molecular complexity index is 339. The molecule has 1 fully saturated rings. The van der Waals surface area contributed by atoms with Crippen molar-refractivity contribution in [3.8, 4) is 0 Å². The van der Waals surface area contributed by atoms with Gasteiger partial charge < -0.3 is 10.2 Å². The van der Waals surface area contributed by atoms with E-state index in [-0.39, 0.29) is 0 Å². The van der Waals surface area contributed by atoms with Gasteiger partial charge in [0.2, 0.25) is 0 Å². The normalized spacial score (nSPS) is 27.3. The lowest BCUT2D eigenvalue weighted by atomic mass is 10.1. The van der Waals surface area contributed by atoms with Gasteiger partial charge in [0.15, 0.2) is 0 Å². The summed E-state index contributed by atoms with van der Waals surface area (Å²) in [4.78, 5) is 4.97. The maximum atomic E-state index is 5.74. The Kier molecular flexibility index (Phi) is 4.80. The summed E-state index contributed by atoms with van der Waals surface area (Å²) in [6.45, 7) is 6.19. The highest BCUT2D eigenvalue weighted by molar-refractivity contribution is 4.98. The van der Waals surface area contributed by atoms with Crippen LogP contribution in [0, 0.1) is 0 Å². The van der Waals surface area contributed by atoms with Crippen molar-refractivity contribution in [1.29, 1.82) is 0 Å². The molecule has 0 amide bonds. The second kappa shape index (κ2) is 6.36. The van der Waals surface area contributed by atoms with Crippen molar-refractivity contribution in [2.75, 3.05) is 26.7 Å². The topological polar surface area (TPSA) is 45.6 Å². The Hall–Kier alpha value is -0.840. The lowest BCUT2D eigenvalue weighted by Crippen LogP contribution is -2.42. The van der Waals surface area contributed by atoms with E-state index in [1.54, 1.807) is 6.26 Å². The third-order valence-electron chi connectivity index (χ3n) is 4.06. The third kappa shape index (κ3) is 3.34. The fourth-order valence-electron chi connectivity index (χ4n) is 2.70. The van der Waals surface area contributed by atoms with E-state index in [0.29, 0.717) is 12.1 Å². The summed E-state index contributed by atoms with van der Waals surface area (Å²) >= 11 is 0. The summed E-state index contributed by atoms with van der Waals surface area (Å²) in [6.07, 6.45) is 4.02. The van der Waals surface area contributed by atoms with Gasteiger partial charge in [0.25, 0.3) is 0 Å². The molecule has 4 nitrogen and oxygen atoms in total. The van der Waals surface area contributed by atoms with Crippen LogP contribution in [-0.4, -0.2) is 48.6 Å². The third-order valence-corrected chi connectivity index (χ3v) is 4.06. The molecule has 0 radical (unpaired) electrons. The summed E-state index contributed by atoms with van der Waals surface area (Å²) in [6, 6.07) is 5.19. The van der Waals surface area contributed by atoms with Crippen molar-refractivity contribution in [1.82, 2.24) is 9.80 Å². The molecule has 2 rings (SSSR count). The van der Waals surface area contributed by atoms with Crippen LogP contribution in [0.25, 0.3) is 0 Å². The number of rotatable bonds is 4. The van der Waals surface area contributed by atoms with Crippen LogP contribution in [-0.2, 0) is 6.54 Å². The van der Waals surface area contributed by atoms with Gasteiger partial charge >= 0.3 is 0 Å². The molecule has 18 heavy (non-hydrogen) atoms. The molecule has 1 aliphatic rings. The molecule has 1 aromatic heterocycles. The Balaban J connectivity index is 1.99. The molecule has 0 aliphatic carbocycles. The predicted molar refractivity (Wildman–Crippen MR) is 73.3 cm³/mol. The standard InChI is InChI=1S/C14H25N3O/c1-12-6-8-17(11-14-4-3-9-18-14)10-13(5-7-15)16(12)2/h3-4,9,12-13H,5-8,10-11,15H2,1-2H3. The minimum absolute atomic E-state index is 0.558.